The number of nitrogens with two attached hydrogens (primary N) is 1. The van der Waals surface area contributed by atoms with Crippen LogP contribution in [0.15, 0.2) is 27.6 Å². The van der Waals surface area contributed by atoms with Crippen molar-refractivity contribution >= 4 is 62.1 Å². The molecule has 0 spiro atoms. The second-order valence-electron chi connectivity index (χ2n) is 10.6. The van der Waals surface area contributed by atoms with E-state index >= 15 is 0 Å². The second kappa shape index (κ2) is 12.7. The lowest BCUT2D eigenvalue weighted by Gasteiger charge is -2.43. The second-order valence-corrected chi connectivity index (χ2v) is 13.1. The van der Waals surface area contributed by atoms with Gasteiger partial charge in [-0.15, -0.1) is 11.3 Å². The van der Waals surface area contributed by atoms with Gasteiger partial charge in [0.1, 0.15) is 11.7 Å². The first-order valence-corrected chi connectivity index (χ1v) is 15.6. The van der Waals surface area contributed by atoms with Gasteiger partial charge in [-0.2, -0.15) is 8.42 Å². The van der Waals surface area contributed by atoms with Gasteiger partial charge in [-0.25, -0.2) is 23.6 Å². The van der Waals surface area contributed by atoms with E-state index in [1.165, 1.54) is 26.2 Å². The fourth-order valence-electron chi connectivity index (χ4n) is 4.23. The number of oxime groups is 1. The van der Waals surface area contributed by atoms with Crippen molar-refractivity contribution in [2.45, 2.75) is 57.5 Å². The van der Waals surface area contributed by atoms with Gasteiger partial charge >= 0.3 is 22.2 Å². The van der Waals surface area contributed by atoms with Crippen molar-refractivity contribution < 1.29 is 47.4 Å². The number of H-pyrrole nitrogens is 1. The third-order valence-electron chi connectivity index (χ3n) is 6.88. The number of β-lactam (4-membered cyclic amide) rings is 1. The Bertz CT molecular complexity index is 1790. The van der Waals surface area contributed by atoms with Crippen molar-refractivity contribution in [2.24, 2.45) is 5.16 Å². The highest BCUT2D eigenvalue weighted by Gasteiger charge is 2.51. The molecular formula is C24H29N9O11S2. The molecule has 2 fully saturated rings. The Kier molecular flexibility index (Phi) is 9.35. The predicted octanol–water partition coefficient (Wildman–Crippen LogP) is -2.24. The number of nitrogens with zero attached hydrogens (tertiary/aromatic N) is 4. The molecule has 4 heterocycles. The highest BCUT2D eigenvalue weighted by molar-refractivity contribution is 7.88. The normalized spacial score (nSPS) is 20.3. The highest BCUT2D eigenvalue weighted by Crippen LogP contribution is 2.22. The maximum Gasteiger partial charge on any atom is 0.350 e. The zero-order valence-electron chi connectivity index (χ0n) is 24.3. The number of carbonyl (C=O) groups excluding carboxylic acids is 4. The Morgan fingerprint density at radius 3 is 2.57 bits per heavy atom. The maximum atomic E-state index is 13.1. The summed E-state index contributed by atoms with van der Waals surface area (Å²) in [4.78, 5) is 86.3. The van der Waals surface area contributed by atoms with Gasteiger partial charge in [0.15, 0.2) is 16.6 Å². The van der Waals surface area contributed by atoms with E-state index in [2.05, 4.69) is 25.8 Å². The number of urea groups is 1. The average Bonchev–Trinajstić information content (AvgIpc) is 3.57. The van der Waals surface area contributed by atoms with Crippen molar-refractivity contribution in [1.29, 1.82) is 0 Å². The number of amides is 5. The minimum atomic E-state index is -4.75. The fraction of sp³-hybridized carbons (Fsp3) is 0.417. The Balaban J connectivity index is 1.37. The first-order chi connectivity index (χ1) is 21.4. The molecule has 2 aliphatic rings. The van der Waals surface area contributed by atoms with E-state index in [-0.39, 0.29) is 30.3 Å². The monoisotopic (exact) mass is 683 g/mol. The van der Waals surface area contributed by atoms with E-state index in [1.807, 2.05) is 0 Å². The molecule has 8 N–H and O–H groups in total. The van der Waals surface area contributed by atoms with Crippen LogP contribution in [0.3, 0.4) is 0 Å². The smallest absolute Gasteiger partial charge is 0.350 e. The summed E-state index contributed by atoms with van der Waals surface area (Å²) in [5.41, 5.74) is 2.92. The summed E-state index contributed by atoms with van der Waals surface area (Å²) >= 11 is 0.948. The number of carboxylic acid groups (broad SMARTS) is 1. The van der Waals surface area contributed by atoms with E-state index < -0.39 is 80.5 Å². The average molecular weight is 684 g/mol. The van der Waals surface area contributed by atoms with Crippen molar-refractivity contribution in [3.05, 3.63) is 39.3 Å². The summed E-state index contributed by atoms with van der Waals surface area (Å²) in [7, 11) is -4.75. The number of aromatic amines is 1. The van der Waals surface area contributed by atoms with Crippen LogP contribution in [-0.4, -0.2) is 104 Å². The number of pyridine rings is 1. The summed E-state index contributed by atoms with van der Waals surface area (Å²) < 4.78 is 27.9. The van der Waals surface area contributed by atoms with Crippen LogP contribution in [0.25, 0.3) is 0 Å². The number of aliphatic carboxylic acids is 1. The van der Waals surface area contributed by atoms with E-state index in [0.29, 0.717) is 14.9 Å². The zero-order valence-corrected chi connectivity index (χ0v) is 26.0. The summed E-state index contributed by atoms with van der Waals surface area (Å²) in [6.07, 6.45) is 0.827. The SMILES string of the molecule is C[C@H]1[C@H](NC(=O)/C(=N\OC(C)(C)C(=O)O)c2csc(N)n2)C(=O)N1C(=O)NS(=O)(=O)N1C[C@@H](NCc2cc(=O)c(O)c[nH]2)CC1=O. The first-order valence-electron chi connectivity index (χ1n) is 13.3. The Hall–Kier alpha value is -5.09. The van der Waals surface area contributed by atoms with Gasteiger partial charge in [0.2, 0.25) is 16.9 Å². The molecular weight excluding hydrogens is 654 g/mol. The molecule has 5 amide bonds. The zero-order chi connectivity index (χ0) is 34.1. The molecule has 3 atom stereocenters. The Labute approximate surface area is 263 Å². The summed E-state index contributed by atoms with van der Waals surface area (Å²) in [5, 5.41) is 28.9. The Morgan fingerprint density at radius 1 is 1.28 bits per heavy atom. The van der Waals surface area contributed by atoms with Crippen molar-refractivity contribution in [3.8, 4) is 5.75 Å². The van der Waals surface area contributed by atoms with Gasteiger partial charge in [-0.3, -0.25) is 24.1 Å². The topological polar surface area (TPSA) is 296 Å². The Morgan fingerprint density at radius 2 is 1.98 bits per heavy atom. The molecule has 20 nitrogen and oxygen atoms in total. The summed E-state index contributed by atoms with van der Waals surface area (Å²) in [6.45, 7) is 3.37. The van der Waals surface area contributed by atoms with E-state index in [9.17, 15) is 47.4 Å². The van der Waals surface area contributed by atoms with Crippen LogP contribution >= 0.6 is 11.3 Å². The number of likely N-dealkylation sites (tertiary alicyclic amines) is 1. The van der Waals surface area contributed by atoms with Crippen molar-refractivity contribution in [3.63, 3.8) is 0 Å². The van der Waals surface area contributed by atoms with Crippen LogP contribution in [0.5, 0.6) is 5.75 Å². The lowest BCUT2D eigenvalue weighted by molar-refractivity contribution is -0.161. The van der Waals surface area contributed by atoms with Crippen LogP contribution in [0.2, 0.25) is 0 Å². The fourth-order valence-corrected chi connectivity index (χ4v) is 5.92. The van der Waals surface area contributed by atoms with Crippen LogP contribution in [0, 0.1) is 0 Å². The lowest BCUT2D eigenvalue weighted by Crippen LogP contribution is -2.73. The molecule has 0 unspecified atom stereocenters. The van der Waals surface area contributed by atoms with Gasteiger partial charge in [0, 0.05) is 42.3 Å². The molecule has 0 aliphatic carbocycles. The number of thiazole rings is 1. The molecule has 0 bridgehead atoms. The molecule has 2 aromatic heterocycles. The number of carbonyl (C=O) groups is 5. The number of carboxylic acids is 1. The van der Waals surface area contributed by atoms with Gasteiger partial charge in [0.05, 0.1) is 12.6 Å². The molecule has 0 aromatic carbocycles. The minimum absolute atomic E-state index is 0.0341. The standard InChI is InChI=1S/C24H29N9O11S2/c1-10-17(29-19(37)18(13-9-45-22(25)28-13)30-44-24(2,3)21(39)40)20(38)33(10)23(41)31-46(42,43)32-8-12(5-16(32)36)26-6-11-4-14(34)15(35)7-27-11/h4,7,9-10,12,17,26,35H,5-6,8H2,1-3H3,(H2,25,28)(H,27,34)(H,29,37)(H,31,41)(H,39,40)/b30-18-/t10-,12-,17-/m0/s1. The van der Waals surface area contributed by atoms with E-state index in [4.69, 9.17) is 10.6 Å². The molecule has 2 aliphatic heterocycles. The molecule has 2 saturated heterocycles. The van der Waals surface area contributed by atoms with Gasteiger partial charge < -0.3 is 36.4 Å². The molecule has 46 heavy (non-hydrogen) atoms. The number of hydrogen-bond donors (Lipinski definition) is 7. The third kappa shape index (κ3) is 7.07. The molecule has 22 heteroatoms. The third-order valence-corrected chi connectivity index (χ3v) is 8.92. The molecule has 0 radical (unpaired) electrons. The highest BCUT2D eigenvalue weighted by atomic mass is 32.2. The quantitative estimate of drug-likeness (QED) is 0.0749. The van der Waals surface area contributed by atoms with Gasteiger partial charge in [0.25, 0.3) is 11.8 Å². The largest absolute Gasteiger partial charge is 0.503 e. The first kappa shape index (κ1) is 33.8. The molecule has 4 rings (SSSR count). The number of rotatable bonds is 11. The number of hydrogen-bond acceptors (Lipinski definition) is 15. The maximum absolute atomic E-state index is 13.1. The van der Waals surface area contributed by atoms with Gasteiger partial charge in [-0.05, 0) is 20.8 Å². The number of aromatic hydroxyl groups is 1. The molecule has 2 aromatic rings. The van der Waals surface area contributed by atoms with Crippen LogP contribution in [0.4, 0.5) is 9.93 Å². The van der Waals surface area contributed by atoms with Gasteiger partial charge in [-0.1, -0.05) is 5.16 Å². The lowest BCUT2D eigenvalue weighted by atomic mass is 9.97. The number of nitrogen functional groups attached to an aromatic ring is 1. The van der Waals surface area contributed by atoms with Crippen LogP contribution < -0.4 is 26.5 Å². The molecule has 248 valence electrons. The summed E-state index contributed by atoms with van der Waals surface area (Å²) in [6, 6.07) is -3.33. The number of anilines is 1. The minimum Gasteiger partial charge on any atom is -0.503 e. The number of nitrogens with one attached hydrogen (secondary N) is 4. The number of imide groups is 1. The van der Waals surface area contributed by atoms with Crippen molar-refractivity contribution in [1.82, 2.24) is 34.5 Å². The predicted molar refractivity (Wildman–Crippen MR) is 157 cm³/mol. The summed E-state index contributed by atoms with van der Waals surface area (Å²) in [5.74, 6) is -4.73. The van der Waals surface area contributed by atoms with Crippen LogP contribution in [-0.2, 0) is 40.8 Å². The molecule has 0 saturated carbocycles. The van der Waals surface area contributed by atoms with E-state index in [0.717, 1.165) is 23.6 Å². The number of aromatic nitrogens is 2. The van der Waals surface area contributed by atoms with Crippen LogP contribution in [0.1, 0.15) is 38.6 Å². The van der Waals surface area contributed by atoms with E-state index in [1.54, 1.807) is 4.72 Å². The van der Waals surface area contributed by atoms with Crippen molar-refractivity contribution in [2.75, 3.05) is 12.3 Å².